The van der Waals surface area contributed by atoms with Crippen LogP contribution in [0.1, 0.15) is 18.4 Å². The van der Waals surface area contributed by atoms with Crippen molar-refractivity contribution in [1.29, 1.82) is 0 Å². The monoisotopic (exact) mass is 347 g/mol. The molecule has 2 aliphatic rings. The molecule has 0 amide bonds. The van der Waals surface area contributed by atoms with Crippen molar-refractivity contribution >= 4 is 10.0 Å². The highest BCUT2D eigenvalue weighted by Crippen LogP contribution is 2.36. The largest absolute Gasteiger partial charge is 0.493 e. The zero-order chi connectivity index (χ0) is 16.7. The van der Waals surface area contributed by atoms with Gasteiger partial charge in [0.05, 0.1) is 24.0 Å². The number of alkyl halides is 2. The number of nitrogens with zero attached hydrogens (tertiary/aromatic N) is 1. The molecule has 3 rings (SSSR count). The van der Waals surface area contributed by atoms with E-state index < -0.39 is 34.9 Å². The van der Waals surface area contributed by atoms with E-state index in [-0.39, 0.29) is 18.0 Å². The number of aryl methyl sites for hydroxylation is 1. The van der Waals surface area contributed by atoms with Crippen LogP contribution in [0, 0.1) is 5.92 Å². The molecule has 1 atom stereocenters. The number of halogens is 2. The van der Waals surface area contributed by atoms with Crippen LogP contribution in [-0.4, -0.2) is 50.1 Å². The number of sulfonamides is 1. The SMILES string of the molecule is O=S(=O)(c1ccc2c(c1)CCCO2)N1CCC(F)(F)C(CO)C1. The lowest BCUT2D eigenvalue weighted by Gasteiger charge is -2.36. The molecule has 0 spiro atoms. The van der Waals surface area contributed by atoms with Crippen LogP contribution < -0.4 is 4.74 Å². The molecule has 2 heterocycles. The molecule has 5 nitrogen and oxygen atoms in total. The molecule has 8 heteroatoms. The molecule has 1 saturated heterocycles. The predicted octanol–water partition coefficient (Wildman–Crippen LogP) is 1.65. The van der Waals surface area contributed by atoms with Gasteiger partial charge in [-0.1, -0.05) is 0 Å². The van der Waals surface area contributed by atoms with Crippen molar-refractivity contribution in [2.45, 2.75) is 30.1 Å². The van der Waals surface area contributed by atoms with Gasteiger partial charge >= 0.3 is 0 Å². The maximum atomic E-state index is 13.7. The molecule has 2 aliphatic heterocycles. The first-order chi connectivity index (χ1) is 10.8. The Labute approximate surface area is 133 Å². The van der Waals surface area contributed by atoms with Gasteiger partial charge in [-0.2, -0.15) is 4.31 Å². The Kier molecular flexibility index (Phi) is 4.33. The van der Waals surface area contributed by atoms with Gasteiger partial charge in [0, 0.05) is 19.5 Å². The molecule has 0 radical (unpaired) electrons. The van der Waals surface area contributed by atoms with Gasteiger partial charge in [0.1, 0.15) is 5.75 Å². The van der Waals surface area contributed by atoms with E-state index in [1.165, 1.54) is 6.07 Å². The second-order valence-electron chi connectivity index (χ2n) is 5.98. The Morgan fingerprint density at radius 3 is 2.91 bits per heavy atom. The third-order valence-electron chi connectivity index (χ3n) is 4.45. The van der Waals surface area contributed by atoms with Gasteiger partial charge in [-0.15, -0.1) is 0 Å². The van der Waals surface area contributed by atoms with Crippen molar-refractivity contribution in [2.24, 2.45) is 5.92 Å². The number of ether oxygens (including phenoxy) is 1. The summed E-state index contributed by atoms with van der Waals surface area (Å²) in [6.45, 7) is -0.756. The number of rotatable bonds is 3. The van der Waals surface area contributed by atoms with Gasteiger partial charge in [-0.05, 0) is 36.6 Å². The minimum Gasteiger partial charge on any atom is -0.493 e. The third-order valence-corrected chi connectivity index (χ3v) is 6.32. The van der Waals surface area contributed by atoms with Crippen molar-refractivity contribution in [3.05, 3.63) is 23.8 Å². The zero-order valence-electron chi connectivity index (χ0n) is 12.5. The number of hydrogen-bond donors (Lipinski definition) is 1. The fourth-order valence-corrected chi connectivity index (χ4v) is 4.54. The van der Waals surface area contributed by atoms with E-state index in [4.69, 9.17) is 9.84 Å². The maximum absolute atomic E-state index is 13.7. The number of piperidine rings is 1. The zero-order valence-corrected chi connectivity index (χ0v) is 13.4. The van der Waals surface area contributed by atoms with E-state index in [2.05, 4.69) is 0 Å². The Balaban J connectivity index is 1.87. The van der Waals surface area contributed by atoms with E-state index >= 15 is 0 Å². The van der Waals surface area contributed by atoms with Crippen LogP contribution in [0.3, 0.4) is 0 Å². The first-order valence-electron chi connectivity index (χ1n) is 7.59. The van der Waals surface area contributed by atoms with Crippen LogP contribution in [0.15, 0.2) is 23.1 Å². The Morgan fingerprint density at radius 2 is 2.17 bits per heavy atom. The first-order valence-corrected chi connectivity index (χ1v) is 9.03. The van der Waals surface area contributed by atoms with Gasteiger partial charge in [0.15, 0.2) is 0 Å². The molecular weight excluding hydrogens is 328 g/mol. The molecule has 1 aromatic carbocycles. The average molecular weight is 347 g/mol. The normalized spacial score (nSPS) is 24.7. The number of hydrogen-bond acceptors (Lipinski definition) is 4. The fourth-order valence-electron chi connectivity index (χ4n) is 3.00. The van der Waals surface area contributed by atoms with Crippen molar-refractivity contribution in [3.63, 3.8) is 0 Å². The van der Waals surface area contributed by atoms with Crippen LogP contribution in [0.4, 0.5) is 8.78 Å². The average Bonchev–Trinajstić information content (AvgIpc) is 2.54. The fraction of sp³-hybridized carbons (Fsp3) is 0.600. The van der Waals surface area contributed by atoms with Gasteiger partial charge in [0.25, 0.3) is 5.92 Å². The minimum absolute atomic E-state index is 0.0867. The van der Waals surface area contributed by atoms with Crippen LogP contribution in [-0.2, 0) is 16.4 Å². The minimum atomic E-state index is -3.86. The Morgan fingerprint density at radius 1 is 1.39 bits per heavy atom. The highest BCUT2D eigenvalue weighted by atomic mass is 32.2. The maximum Gasteiger partial charge on any atom is 0.255 e. The lowest BCUT2D eigenvalue weighted by atomic mass is 9.96. The molecule has 1 unspecified atom stereocenters. The number of aliphatic hydroxyl groups excluding tert-OH is 1. The smallest absolute Gasteiger partial charge is 0.255 e. The molecular formula is C15H19F2NO4S. The standard InChI is InChI=1S/C15H19F2NO4S/c16-15(17)5-6-18(9-12(15)10-19)23(20,21)13-3-4-14-11(8-13)2-1-7-22-14/h3-4,8,12,19H,1-2,5-7,9-10H2. The molecule has 128 valence electrons. The summed E-state index contributed by atoms with van der Waals surface area (Å²) < 4.78 is 59.2. The summed E-state index contributed by atoms with van der Waals surface area (Å²) in [5.41, 5.74) is 0.818. The van der Waals surface area contributed by atoms with Crippen molar-refractivity contribution in [3.8, 4) is 5.75 Å². The second kappa shape index (κ2) is 5.99. The highest BCUT2D eigenvalue weighted by molar-refractivity contribution is 7.89. The Bertz CT molecular complexity index is 693. The van der Waals surface area contributed by atoms with Crippen LogP contribution in [0.5, 0.6) is 5.75 Å². The lowest BCUT2D eigenvalue weighted by molar-refractivity contribution is -0.107. The second-order valence-corrected chi connectivity index (χ2v) is 7.91. The molecule has 0 aliphatic carbocycles. The van der Waals surface area contributed by atoms with Gasteiger partial charge in [-0.25, -0.2) is 17.2 Å². The van der Waals surface area contributed by atoms with Gasteiger partial charge in [-0.3, -0.25) is 0 Å². The third kappa shape index (κ3) is 3.07. The van der Waals surface area contributed by atoms with E-state index in [1.807, 2.05) is 0 Å². The molecule has 23 heavy (non-hydrogen) atoms. The first kappa shape index (κ1) is 16.6. The van der Waals surface area contributed by atoms with Crippen LogP contribution >= 0.6 is 0 Å². The lowest BCUT2D eigenvalue weighted by Crippen LogP contribution is -2.50. The molecule has 0 bridgehead atoms. The quantitative estimate of drug-likeness (QED) is 0.903. The highest BCUT2D eigenvalue weighted by Gasteiger charge is 2.46. The van der Waals surface area contributed by atoms with Gasteiger partial charge < -0.3 is 9.84 Å². The molecule has 0 aromatic heterocycles. The summed E-state index contributed by atoms with van der Waals surface area (Å²) in [4.78, 5) is 0.0867. The number of benzene rings is 1. The number of fused-ring (bicyclic) bond motifs is 1. The summed E-state index contributed by atoms with van der Waals surface area (Å²) in [7, 11) is -3.86. The summed E-state index contributed by atoms with van der Waals surface area (Å²) in [6, 6.07) is 4.62. The predicted molar refractivity (Wildman–Crippen MR) is 79.2 cm³/mol. The van der Waals surface area contributed by atoms with E-state index in [0.717, 1.165) is 22.7 Å². The summed E-state index contributed by atoms with van der Waals surface area (Å²) >= 11 is 0. The van der Waals surface area contributed by atoms with Crippen molar-refractivity contribution in [2.75, 3.05) is 26.3 Å². The van der Waals surface area contributed by atoms with E-state index in [1.54, 1.807) is 12.1 Å². The summed E-state index contributed by atoms with van der Waals surface area (Å²) in [5, 5.41) is 9.12. The summed E-state index contributed by atoms with van der Waals surface area (Å²) in [6.07, 6.45) is 0.973. The summed E-state index contributed by atoms with van der Waals surface area (Å²) in [5.74, 6) is -3.73. The molecule has 1 aromatic rings. The van der Waals surface area contributed by atoms with Crippen LogP contribution in [0.25, 0.3) is 0 Å². The van der Waals surface area contributed by atoms with E-state index in [9.17, 15) is 17.2 Å². The molecule has 1 fully saturated rings. The van der Waals surface area contributed by atoms with Crippen molar-refractivity contribution < 1.29 is 27.0 Å². The van der Waals surface area contributed by atoms with Gasteiger partial charge in [0.2, 0.25) is 10.0 Å². The van der Waals surface area contributed by atoms with Crippen molar-refractivity contribution in [1.82, 2.24) is 4.31 Å². The Hall–Kier alpha value is -1.25. The topological polar surface area (TPSA) is 66.8 Å². The number of aliphatic hydroxyl groups is 1. The van der Waals surface area contributed by atoms with E-state index in [0.29, 0.717) is 12.4 Å². The van der Waals surface area contributed by atoms with Crippen LogP contribution in [0.2, 0.25) is 0 Å². The molecule has 0 saturated carbocycles. The molecule has 1 N–H and O–H groups in total.